The molecule has 0 aliphatic carbocycles. The molecule has 0 bridgehead atoms. The van der Waals surface area contributed by atoms with Gasteiger partial charge in [-0.2, -0.15) is 0 Å². The van der Waals surface area contributed by atoms with E-state index in [-0.39, 0.29) is 4.90 Å². The van der Waals surface area contributed by atoms with Crippen molar-refractivity contribution in [3.05, 3.63) is 24.3 Å². The van der Waals surface area contributed by atoms with Crippen LogP contribution in [0.25, 0.3) is 0 Å². The van der Waals surface area contributed by atoms with Crippen LogP contribution < -0.4 is 5.73 Å². The topological polar surface area (TPSA) is 80.4 Å². The molecular weight excluding hydrogens is 214 g/mol. The molecule has 0 saturated carbocycles. The van der Waals surface area contributed by atoms with Crippen LogP contribution >= 0.6 is 0 Å². The van der Waals surface area contributed by atoms with E-state index in [1.54, 1.807) is 12.1 Å². The smallest absolute Gasteiger partial charge is 0.185 e. The number of nitrogens with two attached hydrogens (primary N) is 1. The average molecular weight is 229 g/mol. The van der Waals surface area contributed by atoms with E-state index in [9.17, 15) is 8.42 Å². The van der Waals surface area contributed by atoms with Crippen molar-refractivity contribution >= 4 is 15.5 Å². The van der Waals surface area contributed by atoms with Gasteiger partial charge in [0.1, 0.15) is 0 Å². The molecule has 0 amide bonds. The summed E-state index contributed by atoms with van der Waals surface area (Å²) in [4.78, 5) is 0.140. The number of nitrogen functional groups attached to an aromatic ring is 1. The highest BCUT2D eigenvalue weighted by Gasteiger charge is 2.35. The van der Waals surface area contributed by atoms with Crippen LogP contribution in [0.15, 0.2) is 29.2 Å². The van der Waals surface area contributed by atoms with Crippen molar-refractivity contribution in [2.24, 2.45) is 0 Å². The molecule has 0 unspecified atom stereocenters. The van der Waals surface area contributed by atoms with Crippen LogP contribution in [-0.2, 0) is 9.84 Å². The highest BCUT2D eigenvalue weighted by molar-refractivity contribution is 7.92. The summed E-state index contributed by atoms with van der Waals surface area (Å²) < 4.78 is 22.8. The van der Waals surface area contributed by atoms with Gasteiger partial charge in [0.25, 0.3) is 0 Å². The zero-order chi connectivity index (χ0) is 11.7. The summed E-state index contributed by atoms with van der Waals surface area (Å²) in [7, 11) is -3.54. The van der Waals surface area contributed by atoms with Crippen molar-refractivity contribution in [2.45, 2.75) is 23.5 Å². The van der Waals surface area contributed by atoms with Gasteiger partial charge in [0, 0.05) is 5.69 Å². The minimum atomic E-state index is -3.54. The van der Waals surface area contributed by atoms with E-state index in [1.165, 1.54) is 26.0 Å². The minimum Gasteiger partial charge on any atom is -0.399 e. The van der Waals surface area contributed by atoms with Gasteiger partial charge in [0.05, 0.1) is 16.2 Å². The van der Waals surface area contributed by atoms with Gasteiger partial charge in [-0.1, -0.05) is 6.07 Å². The van der Waals surface area contributed by atoms with Crippen LogP contribution in [0.2, 0.25) is 0 Å². The Hall–Kier alpha value is -1.07. The van der Waals surface area contributed by atoms with Crippen molar-refractivity contribution in [2.75, 3.05) is 12.3 Å². The molecule has 84 valence electrons. The molecule has 15 heavy (non-hydrogen) atoms. The highest BCUT2D eigenvalue weighted by Crippen LogP contribution is 2.25. The lowest BCUT2D eigenvalue weighted by atomic mass is 10.2. The molecule has 0 aromatic heterocycles. The fourth-order valence-corrected chi connectivity index (χ4v) is 2.44. The first-order valence-corrected chi connectivity index (χ1v) is 6.00. The largest absolute Gasteiger partial charge is 0.399 e. The molecule has 4 nitrogen and oxygen atoms in total. The van der Waals surface area contributed by atoms with Gasteiger partial charge in [-0.3, -0.25) is 0 Å². The summed E-state index contributed by atoms with van der Waals surface area (Å²) >= 11 is 0. The third-order valence-corrected chi connectivity index (χ3v) is 4.74. The molecule has 0 saturated heterocycles. The molecule has 1 aromatic rings. The van der Waals surface area contributed by atoms with Gasteiger partial charge >= 0.3 is 0 Å². The Labute approximate surface area is 89.7 Å². The zero-order valence-corrected chi connectivity index (χ0v) is 9.58. The van der Waals surface area contributed by atoms with Crippen molar-refractivity contribution in [3.63, 3.8) is 0 Å². The van der Waals surface area contributed by atoms with Crippen LogP contribution in [0.1, 0.15) is 13.8 Å². The van der Waals surface area contributed by atoms with Crippen molar-refractivity contribution in [1.29, 1.82) is 0 Å². The second kappa shape index (κ2) is 3.83. The molecule has 0 atom stereocenters. The van der Waals surface area contributed by atoms with Gasteiger partial charge in [-0.15, -0.1) is 0 Å². The predicted octanol–water partition coefficient (Wildman–Crippen LogP) is 0.813. The Morgan fingerprint density at radius 2 is 2.00 bits per heavy atom. The molecule has 0 fully saturated rings. The monoisotopic (exact) mass is 229 g/mol. The molecule has 0 aliphatic heterocycles. The molecule has 3 N–H and O–H groups in total. The number of hydrogen-bond acceptors (Lipinski definition) is 4. The lowest BCUT2D eigenvalue weighted by Gasteiger charge is -2.22. The first-order valence-electron chi connectivity index (χ1n) is 4.52. The van der Waals surface area contributed by atoms with Gasteiger partial charge in [0.2, 0.25) is 0 Å². The fourth-order valence-electron chi connectivity index (χ4n) is 1.09. The quantitative estimate of drug-likeness (QED) is 0.752. The summed E-state index contributed by atoms with van der Waals surface area (Å²) in [5.74, 6) is 0. The number of hydrogen-bond donors (Lipinski definition) is 2. The third kappa shape index (κ3) is 2.13. The maximum Gasteiger partial charge on any atom is 0.185 e. The molecule has 1 aromatic carbocycles. The summed E-state index contributed by atoms with van der Waals surface area (Å²) in [6.07, 6.45) is 0. The van der Waals surface area contributed by atoms with Crippen LogP contribution in [0.4, 0.5) is 5.69 Å². The maximum absolute atomic E-state index is 12.0. The van der Waals surface area contributed by atoms with E-state index < -0.39 is 21.2 Å². The van der Waals surface area contributed by atoms with Crippen LogP contribution in [0.5, 0.6) is 0 Å². The number of anilines is 1. The second-order valence-corrected chi connectivity index (χ2v) is 6.58. The zero-order valence-electron chi connectivity index (χ0n) is 8.77. The van der Waals surface area contributed by atoms with Gasteiger partial charge in [-0.25, -0.2) is 8.42 Å². The van der Waals surface area contributed by atoms with E-state index in [0.717, 1.165) is 0 Å². The van der Waals surface area contributed by atoms with Crippen molar-refractivity contribution in [3.8, 4) is 0 Å². The Morgan fingerprint density at radius 3 is 2.47 bits per heavy atom. The summed E-state index contributed by atoms with van der Waals surface area (Å²) in [5.41, 5.74) is 5.91. The van der Waals surface area contributed by atoms with Gasteiger partial charge in [0.15, 0.2) is 9.84 Å². The van der Waals surface area contributed by atoms with Crippen molar-refractivity contribution < 1.29 is 13.5 Å². The van der Waals surface area contributed by atoms with E-state index in [2.05, 4.69) is 0 Å². The SMILES string of the molecule is CC(C)(CO)S(=O)(=O)c1cccc(N)c1. The predicted molar refractivity (Wildman–Crippen MR) is 59.2 cm³/mol. The number of benzene rings is 1. The molecule has 1 rings (SSSR count). The molecule has 0 spiro atoms. The summed E-state index contributed by atoms with van der Waals surface area (Å²) in [6, 6.07) is 6.07. The third-order valence-electron chi connectivity index (χ3n) is 2.28. The average Bonchev–Trinajstić information content (AvgIpc) is 2.17. The second-order valence-electron chi connectivity index (χ2n) is 3.99. The highest BCUT2D eigenvalue weighted by atomic mass is 32.2. The maximum atomic E-state index is 12.0. The van der Waals surface area contributed by atoms with E-state index in [0.29, 0.717) is 5.69 Å². The van der Waals surface area contributed by atoms with Crippen molar-refractivity contribution in [1.82, 2.24) is 0 Å². The lowest BCUT2D eigenvalue weighted by Crippen LogP contribution is -2.35. The Morgan fingerprint density at radius 1 is 1.40 bits per heavy atom. The number of rotatable bonds is 3. The molecule has 5 heteroatoms. The lowest BCUT2D eigenvalue weighted by molar-refractivity contribution is 0.258. The standard InChI is InChI=1S/C10H15NO3S/c1-10(2,7-12)15(13,14)9-5-3-4-8(11)6-9/h3-6,12H,7,11H2,1-2H3. The number of aliphatic hydroxyl groups excluding tert-OH is 1. The van der Waals surface area contributed by atoms with Gasteiger partial charge < -0.3 is 10.8 Å². The molecule has 0 aliphatic rings. The Kier molecular flexibility index (Phi) is 3.06. The Bertz CT molecular complexity index is 451. The van der Waals surface area contributed by atoms with Crippen LogP contribution in [0, 0.1) is 0 Å². The molecular formula is C10H15NO3S. The van der Waals surface area contributed by atoms with Gasteiger partial charge in [-0.05, 0) is 32.0 Å². The van der Waals surface area contributed by atoms with E-state index in [1.807, 2.05) is 0 Å². The Balaban J connectivity index is 3.30. The van der Waals surface area contributed by atoms with Crippen LogP contribution in [-0.4, -0.2) is 24.9 Å². The van der Waals surface area contributed by atoms with E-state index >= 15 is 0 Å². The molecule has 0 radical (unpaired) electrons. The summed E-state index contributed by atoms with van der Waals surface area (Å²) in [5, 5.41) is 9.05. The number of sulfone groups is 1. The first-order chi connectivity index (χ1) is 6.81. The molecule has 0 heterocycles. The minimum absolute atomic E-state index is 0.140. The fraction of sp³-hybridized carbons (Fsp3) is 0.400. The summed E-state index contributed by atoms with van der Waals surface area (Å²) in [6.45, 7) is 2.53. The van der Waals surface area contributed by atoms with Crippen LogP contribution in [0.3, 0.4) is 0 Å². The van der Waals surface area contributed by atoms with E-state index in [4.69, 9.17) is 10.8 Å². The first kappa shape index (κ1) is 12.0. The normalized spacial score (nSPS) is 12.7. The number of aliphatic hydroxyl groups is 1.